The highest BCUT2D eigenvalue weighted by Gasteiger charge is 2.22. The number of halogens is 1. The average molecular weight is 366 g/mol. The second kappa shape index (κ2) is 6.58. The smallest absolute Gasteiger partial charge is 0.252 e. The van der Waals surface area contributed by atoms with Gasteiger partial charge in [0.05, 0.1) is 5.56 Å². The summed E-state index contributed by atoms with van der Waals surface area (Å²) in [5.41, 5.74) is 0.694. The number of hydrogen-bond acceptors (Lipinski definition) is 4. The fraction of sp³-hybridized carbons (Fsp3) is 0.333. The van der Waals surface area contributed by atoms with Crippen molar-refractivity contribution in [2.75, 3.05) is 18.0 Å². The zero-order valence-corrected chi connectivity index (χ0v) is 13.9. The van der Waals surface area contributed by atoms with Gasteiger partial charge in [-0.2, -0.15) is 0 Å². The van der Waals surface area contributed by atoms with Crippen LogP contribution in [0.1, 0.15) is 23.2 Å². The number of piperidine rings is 1. The van der Waals surface area contributed by atoms with Crippen molar-refractivity contribution in [1.29, 1.82) is 0 Å². The van der Waals surface area contributed by atoms with Crippen LogP contribution in [0.15, 0.2) is 40.3 Å². The molecule has 0 aliphatic carbocycles. The Morgan fingerprint density at radius 3 is 2.76 bits per heavy atom. The molecule has 2 heterocycles. The van der Waals surface area contributed by atoms with Gasteiger partial charge in [0, 0.05) is 35.2 Å². The Morgan fingerprint density at radius 1 is 1.33 bits per heavy atom. The molecule has 3 rings (SSSR count). The van der Waals surface area contributed by atoms with E-state index in [-0.39, 0.29) is 11.9 Å². The van der Waals surface area contributed by atoms with Crippen LogP contribution < -0.4 is 10.2 Å². The minimum atomic E-state index is -0.00447. The first-order valence-corrected chi connectivity index (χ1v) is 8.61. The van der Waals surface area contributed by atoms with Crippen LogP contribution in [-0.4, -0.2) is 30.0 Å². The Bertz CT molecular complexity index is 609. The number of benzene rings is 1. The van der Waals surface area contributed by atoms with Gasteiger partial charge in [-0.05, 0) is 40.9 Å². The monoisotopic (exact) mass is 365 g/mol. The normalized spacial score (nSPS) is 16.0. The molecule has 0 spiro atoms. The lowest BCUT2D eigenvalue weighted by molar-refractivity contribution is 0.0930. The molecule has 0 bridgehead atoms. The molecular formula is C15H16BrN3OS. The van der Waals surface area contributed by atoms with E-state index in [1.807, 2.05) is 35.8 Å². The van der Waals surface area contributed by atoms with Gasteiger partial charge in [-0.1, -0.05) is 12.1 Å². The van der Waals surface area contributed by atoms with Crippen LogP contribution in [0, 0.1) is 0 Å². The molecule has 4 nitrogen and oxygen atoms in total. The first-order valence-electron chi connectivity index (χ1n) is 6.94. The van der Waals surface area contributed by atoms with Gasteiger partial charge < -0.3 is 10.2 Å². The predicted octanol–water partition coefficient (Wildman–Crippen LogP) is 3.30. The van der Waals surface area contributed by atoms with Crippen LogP contribution in [-0.2, 0) is 0 Å². The van der Waals surface area contributed by atoms with Gasteiger partial charge in [0.25, 0.3) is 5.91 Å². The summed E-state index contributed by atoms with van der Waals surface area (Å²) in [6.07, 6.45) is 3.74. The van der Waals surface area contributed by atoms with Crippen LogP contribution >= 0.6 is 27.3 Å². The van der Waals surface area contributed by atoms with E-state index in [1.165, 1.54) is 0 Å². The van der Waals surface area contributed by atoms with Crippen LogP contribution in [0.2, 0.25) is 0 Å². The highest BCUT2D eigenvalue weighted by molar-refractivity contribution is 9.10. The number of hydrogen-bond donors (Lipinski definition) is 1. The van der Waals surface area contributed by atoms with E-state index in [9.17, 15) is 4.79 Å². The molecular weight excluding hydrogens is 350 g/mol. The third-order valence-electron chi connectivity index (χ3n) is 3.64. The summed E-state index contributed by atoms with van der Waals surface area (Å²) in [4.78, 5) is 18.9. The minimum absolute atomic E-state index is 0.00447. The van der Waals surface area contributed by atoms with E-state index in [0.29, 0.717) is 5.56 Å². The molecule has 0 saturated carbocycles. The Hall–Kier alpha value is -1.40. The maximum absolute atomic E-state index is 12.3. The maximum Gasteiger partial charge on any atom is 0.252 e. The number of nitrogens with zero attached hydrogens (tertiary/aromatic N) is 2. The van der Waals surface area contributed by atoms with Crippen LogP contribution in [0.25, 0.3) is 0 Å². The molecule has 1 N–H and O–H groups in total. The van der Waals surface area contributed by atoms with Gasteiger partial charge in [-0.3, -0.25) is 4.79 Å². The lowest BCUT2D eigenvalue weighted by atomic mass is 10.0. The number of nitrogens with one attached hydrogen (secondary N) is 1. The van der Waals surface area contributed by atoms with E-state index in [1.54, 1.807) is 11.3 Å². The van der Waals surface area contributed by atoms with Crippen molar-refractivity contribution in [3.8, 4) is 0 Å². The number of aromatic nitrogens is 1. The topological polar surface area (TPSA) is 45.2 Å². The molecule has 1 aromatic heterocycles. The van der Waals surface area contributed by atoms with Gasteiger partial charge in [-0.15, -0.1) is 11.3 Å². The van der Waals surface area contributed by atoms with Crippen molar-refractivity contribution < 1.29 is 4.79 Å². The molecule has 2 aromatic rings. The largest absolute Gasteiger partial charge is 0.349 e. The quantitative estimate of drug-likeness (QED) is 0.907. The number of rotatable bonds is 3. The van der Waals surface area contributed by atoms with Gasteiger partial charge >= 0.3 is 0 Å². The fourth-order valence-corrected chi connectivity index (χ4v) is 3.66. The first-order chi connectivity index (χ1) is 10.2. The van der Waals surface area contributed by atoms with Gasteiger partial charge in [0.15, 0.2) is 5.13 Å². The Morgan fingerprint density at radius 2 is 2.10 bits per heavy atom. The van der Waals surface area contributed by atoms with Crippen LogP contribution in [0.5, 0.6) is 0 Å². The molecule has 1 saturated heterocycles. The minimum Gasteiger partial charge on any atom is -0.349 e. The summed E-state index contributed by atoms with van der Waals surface area (Å²) in [6, 6.07) is 7.75. The van der Waals surface area contributed by atoms with E-state index in [2.05, 4.69) is 31.1 Å². The maximum atomic E-state index is 12.3. The summed E-state index contributed by atoms with van der Waals surface area (Å²) in [7, 11) is 0. The second-order valence-corrected chi connectivity index (χ2v) is 6.76. The Balaban J connectivity index is 1.56. The predicted molar refractivity (Wildman–Crippen MR) is 89.0 cm³/mol. The Kier molecular flexibility index (Phi) is 4.55. The molecule has 21 heavy (non-hydrogen) atoms. The van der Waals surface area contributed by atoms with Gasteiger partial charge in [0.1, 0.15) is 0 Å². The summed E-state index contributed by atoms with van der Waals surface area (Å²) in [5.74, 6) is -0.00447. The molecule has 1 aliphatic heterocycles. The van der Waals surface area contributed by atoms with Crippen molar-refractivity contribution in [1.82, 2.24) is 10.3 Å². The van der Waals surface area contributed by atoms with E-state index in [0.717, 1.165) is 35.5 Å². The van der Waals surface area contributed by atoms with Crippen LogP contribution in [0.4, 0.5) is 5.13 Å². The zero-order valence-electron chi connectivity index (χ0n) is 11.5. The fourth-order valence-electron chi connectivity index (χ4n) is 2.50. The molecule has 0 unspecified atom stereocenters. The summed E-state index contributed by atoms with van der Waals surface area (Å²) in [6.45, 7) is 1.88. The number of thiazole rings is 1. The lowest BCUT2D eigenvalue weighted by Gasteiger charge is -2.32. The SMILES string of the molecule is O=C(NC1CCN(c2nccs2)CC1)c1ccccc1Br. The van der Waals surface area contributed by atoms with Crippen molar-refractivity contribution in [2.45, 2.75) is 18.9 Å². The highest BCUT2D eigenvalue weighted by atomic mass is 79.9. The lowest BCUT2D eigenvalue weighted by Crippen LogP contribution is -2.44. The molecule has 1 aromatic carbocycles. The van der Waals surface area contributed by atoms with Crippen molar-refractivity contribution >= 4 is 38.3 Å². The number of anilines is 1. The first kappa shape index (κ1) is 14.5. The molecule has 1 fully saturated rings. The highest BCUT2D eigenvalue weighted by Crippen LogP contribution is 2.22. The van der Waals surface area contributed by atoms with Crippen molar-refractivity contribution in [3.63, 3.8) is 0 Å². The second-order valence-electron chi connectivity index (χ2n) is 5.03. The third kappa shape index (κ3) is 3.44. The zero-order chi connectivity index (χ0) is 14.7. The van der Waals surface area contributed by atoms with Crippen molar-refractivity contribution in [2.24, 2.45) is 0 Å². The van der Waals surface area contributed by atoms with Gasteiger partial charge in [0.2, 0.25) is 0 Å². The van der Waals surface area contributed by atoms with Gasteiger partial charge in [-0.25, -0.2) is 4.98 Å². The summed E-state index contributed by atoms with van der Waals surface area (Å²) in [5, 5.41) is 6.20. The molecule has 0 atom stereocenters. The summed E-state index contributed by atoms with van der Waals surface area (Å²) < 4.78 is 0.836. The molecule has 6 heteroatoms. The molecule has 1 amide bonds. The number of carbonyl (C=O) groups excluding carboxylic acids is 1. The number of amides is 1. The molecule has 110 valence electrons. The van der Waals surface area contributed by atoms with E-state index < -0.39 is 0 Å². The third-order valence-corrected chi connectivity index (χ3v) is 5.16. The van der Waals surface area contributed by atoms with Crippen molar-refractivity contribution in [3.05, 3.63) is 45.9 Å². The molecule has 1 aliphatic rings. The molecule has 0 radical (unpaired) electrons. The van der Waals surface area contributed by atoms with Crippen LogP contribution in [0.3, 0.4) is 0 Å². The number of carbonyl (C=O) groups is 1. The summed E-state index contributed by atoms with van der Waals surface area (Å²) >= 11 is 5.09. The standard InChI is InChI=1S/C15H16BrN3OS/c16-13-4-2-1-3-12(13)14(20)18-11-5-8-19(9-6-11)15-17-7-10-21-15/h1-4,7,10-11H,5-6,8-9H2,(H,18,20). The Labute approximate surface area is 136 Å². The van der Waals surface area contributed by atoms with E-state index >= 15 is 0 Å². The average Bonchev–Trinajstić information content (AvgIpc) is 3.02. The van der Waals surface area contributed by atoms with E-state index in [4.69, 9.17) is 0 Å².